The van der Waals surface area contributed by atoms with Crippen LogP contribution < -0.4 is 5.32 Å². The maximum absolute atomic E-state index is 13.4. The molecule has 2 aromatic carbocycles. The number of carbonyl (C=O) groups excluding carboxylic acids is 2. The summed E-state index contributed by atoms with van der Waals surface area (Å²) in [7, 11) is -0.811. The molecule has 0 heterocycles. The molecule has 0 aromatic heterocycles. The fraction of sp³-hybridized carbons (Fsp3) is 0.364. The first-order valence-electron chi connectivity index (χ1n) is 9.61. The summed E-state index contributed by atoms with van der Waals surface area (Å²) in [6.45, 7) is 1.67. The minimum absolute atomic E-state index is 0.0643. The molecule has 2 rings (SSSR count). The standard InChI is InChI=1S/C22H28NO6P/c1-17(23-22(25)29-15-19-12-8-5-9-13-19)30(26,28-3)16-20(21(24)27-2)14-18-10-6-4-7-11-18/h4-13,17,20H,14-16H2,1-3H3,(H,23,25). The Kier molecular flexibility index (Phi) is 9.09. The Morgan fingerprint density at radius 2 is 1.53 bits per heavy atom. The summed E-state index contributed by atoms with van der Waals surface area (Å²) in [4.78, 5) is 24.5. The summed E-state index contributed by atoms with van der Waals surface area (Å²) >= 11 is 0. The molecule has 0 bridgehead atoms. The smallest absolute Gasteiger partial charge is 0.408 e. The van der Waals surface area contributed by atoms with Crippen molar-refractivity contribution >= 4 is 19.4 Å². The molecule has 0 aliphatic carbocycles. The van der Waals surface area contributed by atoms with Crippen molar-refractivity contribution in [3.63, 3.8) is 0 Å². The first-order valence-corrected chi connectivity index (χ1v) is 11.5. The van der Waals surface area contributed by atoms with E-state index in [1.165, 1.54) is 14.2 Å². The van der Waals surface area contributed by atoms with Crippen LogP contribution in [0.5, 0.6) is 0 Å². The molecule has 30 heavy (non-hydrogen) atoms. The summed E-state index contributed by atoms with van der Waals surface area (Å²) in [5.74, 6) is -1.99. The monoisotopic (exact) mass is 433 g/mol. The van der Waals surface area contributed by atoms with Crippen molar-refractivity contribution in [2.24, 2.45) is 5.92 Å². The molecule has 0 radical (unpaired) electrons. The van der Waals surface area contributed by atoms with Crippen LogP contribution in [0.1, 0.15) is 18.1 Å². The molecule has 162 valence electrons. The number of alkyl carbamates (subject to hydrolysis) is 1. The van der Waals surface area contributed by atoms with E-state index in [1.54, 1.807) is 6.92 Å². The van der Waals surface area contributed by atoms with E-state index in [0.717, 1.165) is 11.1 Å². The molecule has 0 aliphatic rings. The summed E-state index contributed by atoms with van der Waals surface area (Å²) in [5, 5.41) is 2.57. The number of methoxy groups -OCH3 is 1. The van der Waals surface area contributed by atoms with Crippen LogP contribution in [-0.4, -0.2) is 38.2 Å². The van der Waals surface area contributed by atoms with Gasteiger partial charge in [0, 0.05) is 13.3 Å². The number of esters is 1. The van der Waals surface area contributed by atoms with Crippen molar-refractivity contribution in [3.05, 3.63) is 71.8 Å². The Morgan fingerprint density at radius 1 is 0.967 bits per heavy atom. The van der Waals surface area contributed by atoms with Gasteiger partial charge in [-0.3, -0.25) is 9.36 Å². The van der Waals surface area contributed by atoms with Gasteiger partial charge < -0.3 is 19.3 Å². The van der Waals surface area contributed by atoms with Crippen molar-refractivity contribution in [2.75, 3.05) is 20.4 Å². The largest absolute Gasteiger partial charge is 0.469 e. The molecule has 1 N–H and O–H groups in total. The predicted octanol–water partition coefficient (Wildman–Crippen LogP) is 4.22. The van der Waals surface area contributed by atoms with Crippen molar-refractivity contribution < 1.29 is 28.2 Å². The third-order valence-corrected chi connectivity index (χ3v) is 7.65. The van der Waals surface area contributed by atoms with Gasteiger partial charge in [0.2, 0.25) is 7.37 Å². The van der Waals surface area contributed by atoms with Gasteiger partial charge in [-0.1, -0.05) is 60.7 Å². The summed E-state index contributed by atoms with van der Waals surface area (Å²) < 4.78 is 28.8. The fourth-order valence-electron chi connectivity index (χ4n) is 3.02. The predicted molar refractivity (Wildman–Crippen MR) is 114 cm³/mol. The van der Waals surface area contributed by atoms with Crippen molar-refractivity contribution in [3.8, 4) is 0 Å². The second-order valence-corrected chi connectivity index (χ2v) is 9.84. The number of ether oxygens (including phenoxy) is 2. The molecule has 2 aromatic rings. The highest BCUT2D eigenvalue weighted by atomic mass is 31.2. The van der Waals surface area contributed by atoms with E-state index in [9.17, 15) is 14.2 Å². The van der Waals surface area contributed by atoms with Gasteiger partial charge in [0.1, 0.15) is 12.4 Å². The highest BCUT2D eigenvalue weighted by Gasteiger charge is 2.37. The van der Waals surface area contributed by atoms with Crippen LogP contribution in [0.3, 0.4) is 0 Å². The van der Waals surface area contributed by atoms with Gasteiger partial charge in [0.15, 0.2) is 0 Å². The Balaban J connectivity index is 2.02. The number of hydrogen-bond acceptors (Lipinski definition) is 6. The van der Waals surface area contributed by atoms with Gasteiger partial charge in [-0.2, -0.15) is 0 Å². The highest BCUT2D eigenvalue weighted by molar-refractivity contribution is 7.59. The molecule has 0 saturated heterocycles. The van der Waals surface area contributed by atoms with Gasteiger partial charge in [-0.05, 0) is 24.5 Å². The van der Waals surface area contributed by atoms with Crippen LogP contribution in [-0.2, 0) is 36.4 Å². The Morgan fingerprint density at radius 3 is 2.07 bits per heavy atom. The van der Waals surface area contributed by atoms with Crippen molar-refractivity contribution in [1.29, 1.82) is 0 Å². The molecule has 8 heteroatoms. The third-order valence-electron chi connectivity index (χ3n) is 4.77. The molecule has 0 saturated carbocycles. The Labute approximate surface area is 177 Å². The van der Waals surface area contributed by atoms with E-state index in [4.69, 9.17) is 14.0 Å². The molecule has 3 unspecified atom stereocenters. The number of nitrogens with one attached hydrogen (secondary N) is 1. The van der Waals surface area contributed by atoms with Crippen LogP contribution in [0.4, 0.5) is 4.79 Å². The first kappa shape index (κ1) is 23.6. The van der Waals surface area contributed by atoms with Crippen molar-refractivity contribution in [1.82, 2.24) is 5.32 Å². The van der Waals surface area contributed by atoms with E-state index in [-0.39, 0.29) is 12.8 Å². The van der Waals surface area contributed by atoms with E-state index in [0.29, 0.717) is 6.42 Å². The number of benzene rings is 2. The summed E-state index contributed by atoms with van der Waals surface area (Å²) in [5.41, 5.74) is 1.75. The maximum Gasteiger partial charge on any atom is 0.408 e. The van der Waals surface area contributed by atoms with Crippen LogP contribution in [0.2, 0.25) is 0 Å². The average Bonchev–Trinajstić information content (AvgIpc) is 2.78. The quantitative estimate of drug-likeness (QED) is 0.446. The van der Waals surface area contributed by atoms with Crippen LogP contribution in [0, 0.1) is 5.92 Å². The molecular formula is C22H28NO6P. The zero-order valence-corrected chi connectivity index (χ0v) is 18.3. The first-order chi connectivity index (χ1) is 14.4. The average molecular weight is 433 g/mol. The molecule has 3 atom stereocenters. The molecule has 0 fully saturated rings. The van der Waals surface area contributed by atoms with Gasteiger partial charge >= 0.3 is 12.1 Å². The number of rotatable bonds is 10. The zero-order valence-electron chi connectivity index (χ0n) is 17.4. The SMILES string of the molecule is COC(=O)C(Cc1ccccc1)CP(=O)(OC)C(C)NC(=O)OCc1ccccc1. The fourth-order valence-corrected chi connectivity index (χ4v) is 5.00. The topological polar surface area (TPSA) is 90.9 Å². The van der Waals surface area contributed by atoms with Gasteiger partial charge in [-0.25, -0.2) is 4.79 Å². The normalized spacial score (nSPS) is 14.8. The minimum atomic E-state index is -3.41. The molecule has 0 aliphatic heterocycles. The van der Waals surface area contributed by atoms with E-state index in [2.05, 4.69) is 5.32 Å². The zero-order chi connectivity index (χ0) is 22.0. The van der Waals surface area contributed by atoms with Crippen LogP contribution in [0.25, 0.3) is 0 Å². The van der Waals surface area contributed by atoms with Crippen molar-refractivity contribution in [2.45, 2.75) is 25.7 Å². The number of hydrogen-bond donors (Lipinski definition) is 1. The summed E-state index contributed by atoms with van der Waals surface area (Å²) in [6.07, 6.45) is -0.418. The molecule has 0 spiro atoms. The third kappa shape index (κ3) is 7.01. The second-order valence-electron chi connectivity index (χ2n) is 6.88. The van der Waals surface area contributed by atoms with Crippen LogP contribution >= 0.6 is 7.37 Å². The number of amides is 1. The maximum atomic E-state index is 13.4. The molecule has 1 amide bonds. The highest BCUT2D eigenvalue weighted by Crippen LogP contribution is 2.52. The Bertz CT molecular complexity index is 858. The lowest BCUT2D eigenvalue weighted by Gasteiger charge is -2.27. The lowest BCUT2D eigenvalue weighted by Crippen LogP contribution is -2.35. The number of carbonyl (C=O) groups is 2. The summed E-state index contributed by atoms with van der Waals surface area (Å²) in [6, 6.07) is 18.6. The van der Waals surface area contributed by atoms with E-state index in [1.807, 2.05) is 60.7 Å². The van der Waals surface area contributed by atoms with Gasteiger partial charge in [0.05, 0.1) is 13.0 Å². The molecular weight excluding hydrogens is 405 g/mol. The van der Waals surface area contributed by atoms with Crippen LogP contribution in [0.15, 0.2) is 60.7 Å². The lowest BCUT2D eigenvalue weighted by atomic mass is 10.0. The van der Waals surface area contributed by atoms with Gasteiger partial charge in [0.25, 0.3) is 0 Å². The Hall–Kier alpha value is -2.63. The molecule has 7 nitrogen and oxygen atoms in total. The minimum Gasteiger partial charge on any atom is -0.469 e. The van der Waals surface area contributed by atoms with E-state index >= 15 is 0 Å². The lowest BCUT2D eigenvalue weighted by molar-refractivity contribution is -0.144. The second kappa shape index (κ2) is 11.5. The van der Waals surface area contributed by atoms with E-state index < -0.39 is 31.1 Å². The van der Waals surface area contributed by atoms with Gasteiger partial charge in [-0.15, -0.1) is 0 Å².